The number of thiazole rings is 1. The number of hydrogen-bond donors (Lipinski definition) is 1. The molecule has 0 aliphatic carbocycles. The predicted octanol–water partition coefficient (Wildman–Crippen LogP) is 5.24. The number of thioether (sulfide) groups is 1. The molecule has 0 saturated heterocycles. The summed E-state index contributed by atoms with van der Waals surface area (Å²) in [5.74, 6) is 0.715. The number of amides is 1. The van der Waals surface area contributed by atoms with Crippen LogP contribution in [0.2, 0.25) is 0 Å². The van der Waals surface area contributed by atoms with E-state index >= 15 is 0 Å². The van der Waals surface area contributed by atoms with Gasteiger partial charge in [-0.2, -0.15) is 5.10 Å². The summed E-state index contributed by atoms with van der Waals surface area (Å²) >= 11 is 3.39. The minimum atomic E-state index is -0.118. The van der Waals surface area contributed by atoms with Crippen LogP contribution in [0.5, 0.6) is 0 Å². The standard InChI is InChI=1S/C22H20N4OS2/c1-16-24-20(14-28-16)15-29-21-8-6-18(7-9-21)22(27)25-19-5-2-4-17(12-19)13-26-11-3-10-23-26/h2-12,14H,13,15H2,1H3,(H,25,27). The van der Waals surface area contributed by atoms with E-state index in [-0.39, 0.29) is 5.91 Å². The Labute approximate surface area is 177 Å². The summed E-state index contributed by atoms with van der Waals surface area (Å²) in [6, 6.07) is 17.4. The SMILES string of the molecule is Cc1nc(CSc2ccc(C(=O)Nc3cccc(Cn4cccn4)c3)cc2)cs1. The number of carbonyl (C=O) groups excluding carboxylic acids is 1. The summed E-state index contributed by atoms with van der Waals surface area (Å²) in [4.78, 5) is 18.2. The third-order valence-electron chi connectivity index (χ3n) is 4.26. The molecule has 7 heteroatoms. The van der Waals surface area contributed by atoms with E-state index < -0.39 is 0 Å². The first-order valence-electron chi connectivity index (χ1n) is 9.17. The number of nitrogens with zero attached hydrogens (tertiary/aromatic N) is 3. The lowest BCUT2D eigenvalue weighted by Gasteiger charge is -2.08. The van der Waals surface area contributed by atoms with Gasteiger partial charge in [-0.15, -0.1) is 23.1 Å². The highest BCUT2D eigenvalue weighted by atomic mass is 32.2. The van der Waals surface area contributed by atoms with Gasteiger partial charge in [0, 0.05) is 39.7 Å². The summed E-state index contributed by atoms with van der Waals surface area (Å²) < 4.78 is 1.85. The molecule has 0 spiro atoms. The average Bonchev–Trinajstić information content (AvgIpc) is 3.39. The lowest BCUT2D eigenvalue weighted by Crippen LogP contribution is -2.12. The van der Waals surface area contributed by atoms with Crippen LogP contribution in [0.3, 0.4) is 0 Å². The van der Waals surface area contributed by atoms with Crippen molar-refractivity contribution in [2.75, 3.05) is 5.32 Å². The zero-order chi connectivity index (χ0) is 20.1. The molecule has 4 rings (SSSR count). The van der Waals surface area contributed by atoms with Crippen molar-refractivity contribution >= 4 is 34.7 Å². The molecule has 29 heavy (non-hydrogen) atoms. The Hall–Kier alpha value is -2.90. The van der Waals surface area contributed by atoms with Crippen molar-refractivity contribution in [1.82, 2.24) is 14.8 Å². The highest BCUT2D eigenvalue weighted by molar-refractivity contribution is 7.98. The molecule has 0 unspecified atom stereocenters. The van der Waals surface area contributed by atoms with E-state index in [2.05, 4.69) is 20.8 Å². The van der Waals surface area contributed by atoms with Crippen molar-refractivity contribution in [2.45, 2.75) is 24.1 Å². The summed E-state index contributed by atoms with van der Waals surface area (Å²) in [7, 11) is 0. The number of aromatic nitrogens is 3. The smallest absolute Gasteiger partial charge is 0.255 e. The highest BCUT2D eigenvalue weighted by Crippen LogP contribution is 2.24. The molecule has 0 bridgehead atoms. The minimum absolute atomic E-state index is 0.118. The average molecular weight is 421 g/mol. The van der Waals surface area contributed by atoms with Crippen LogP contribution in [0.25, 0.3) is 0 Å². The van der Waals surface area contributed by atoms with Crippen LogP contribution in [-0.2, 0) is 12.3 Å². The van der Waals surface area contributed by atoms with Crippen LogP contribution in [0, 0.1) is 6.92 Å². The minimum Gasteiger partial charge on any atom is -0.322 e. The van der Waals surface area contributed by atoms with E-state index in [1.54, 1.807) is 29.3 Å². The van der Waals surface area contributed by atoms with Crippen molar-refractivity contribution in [3.63, 3.8) is 0 Å². The molecule has 2 aromatic carbocycles. The number of nitrogens with one attached hydrogen (secondary N) is 1. The highest BCUT2D eigenvalue weighted by Gasteiger charge is 2.08. The topological polar surface area (TPSA) is 59.8 Å². The van der Waals surface area contributed by atoms with Gasteiger partial charge in [0.25, 0.3) is 5.91 Å². The van der Waals surface area contributed by atoms with E-state index in [0.29, 0.717) is 12.1 Å². The lowest BCUT2D eigenvalue weighted by atomic mass is 10.1. The van der Waals surface area contributed by atoms with Gasteiger partial charge in [0.2, 0.25) is 0 Å². The molecule has 1 N–H and O–H groups in total. The molecule has 1 amide bonds. The molecule has 0 fully saturated rings. The van der Waals surface area contributed by atoms with E-state index in [9.17, 15) is 4.79 Å². The first kappa shape index (κ1) is 19.4. The van der Waals surface area contributed by atoms with Crippen molar-refractivity contribution in [3.05, 3.63) is 94.2 Å². The maximum atomic E-state index is 12.6. The second kappa shape index (κ2) is 9.07. The molecule has 4 aromatic rings. The van der Waals surface area contributed by atoms with Gasteiger partial charge in [-0.1, -0.05) is 12.1 Å². The Morgan fingerprint density at radius 1 is 1.17 bits per heavy atom. The first-order valence-corrected chi connectivity index (χ1v) is 11.0. The van der Waals surface area contributed by atoms with Crippen LogP contribution >= 0.6 is 23.1 Å². The maximum absolute atomic E-state index is 12.6. The largest absolute Gasteiger partial charge is 0.322 e. The van der Waals surface area contributed by atoms with Gasteiger partial charge in [-0.3, -0.25) is 9.48 Å². The normalized spacial score (nSPS) is 10.8. The number of hydrogen-bond acceptors (Lipinski definition) is 5. The molecule has 0 aliphatic heterocycles. The van der Waals surface area contributed by atoms with Crippen LogP contribution in [-0.4, -0.2) is 20.7 Å². The fourth-order valence-corrected chi connectivity index (χ4v) is 4.38. The Balaban J connectivity index is 1.35. The zero-order valence-corrected chi connectivity index (χ0v) is 17.5. The maximum Gasteiger partial charge on any atom is 0.255 e. The number of carbonyl (C=O) groups is 1. The molecule has 2 aromatic heterocycles. The van der Waals surface area contributed by atoms with Crippen LogP contribution in [0.1, 0.15) is 26.6 Å². The van der Waals surface area contributed by atoms with Gasteiger partial charge < -0.3 is 5.32 Å². The third kappa shape index (κ3) is 5.34. The summed E-state index contributed by atoms with van der Waals surface area (Å²) in [5.41, 5.74) is 3.58. The molecular formula is C22H20N4OS2. The van der Waals surface area contributed by atoms with Crippen molar-refractivity contribution in [2.24, 2.45) is 0 Å². The first-order chi connectivity index (χ1) is 14.2. The van der Waals surface area contributed by atoms with Gasteiger partial charge >= 0.3 is 0 Å². The Morgan fingerprint density at radius 2 is 2.03 bits per heavy atom. The second-order valence-electron chi connectivity index (χ2n) is 6.53. The van der Waals surface area contributed by atoms with Crippen LogP contribution < -0.4 is 5.32 Å². The van der Waals surface area contributed by atoms with Gasteiger partial charge in [0.05, 0.1) is 17.2 Å². The number of rotatable bonds is 7. The van der Waals surface area contributed by atoms with Gasteiger partial charge in [-0.25, -0.2) is 4.98 Å². The second-order valence-corrected chi connectivity index (χ2v) is 8.64. The molecule has 0 aliphatic rings. The van der Waals surface area contributed by atoms with Gasteiger partial charge in [0.1, 0.15) is 0 Å². The number of benzene rings is 2. The van der Waals surface area contributed by atoms with Crippen LogP contribution in [0.15, 0.2) is 77.3 Å². The van der Waals surface area contributed by atoms with Gasteiger partial charge in [-0.05, 0) is 55.0 Å². The fraction of sp³-hybridized carbons (Fsp3) is 0.136. The van der Waals surface area contributed by atoms with E-state index in [1.165, 1.54) is 0 Å². The summed E-state index contributed by atoms with van der Waals surface area (Å²) in [6.07, 6.45) is 3.67. The predicted molar refractivity (Wildman–Crippen MR) is 119 cm³/mol. The molecule has 2 heterocycles. The molecule has 0 radical (unpaired) electrons. The monoisotopic (exact) mass is 420 g/mol. The Kier molecular flexibility index (Phi) is 6.07. The molecule has 146 valence electrons. The number of aryl methyl sites for hydroxylation is 1. The summed E-state index contributed by atoms with van der Waals surface area (Å²) in [6.45, 7) is 2.68. The number of anilines is 1. The van der Waals surface area contributed by atoms with Crippen molar-refractivity contribution in [3.8, 4) is 0 Å². The molecule has 0 saturated carbocycles. The van der Waals surface area contributed by atoms with Crippen molar-refractivity contribution < 1.29 is 4.79 Å². The fourth-order valence-electron chi connectivity index (χ4n) is 2.87. The van der Waals surface area contributed by atoms with Gasteiger partial charge in [0.15, 0.2) is 0 Å². The zero-order valence-electron chi connectivity index (χ0n) is 15.9. The summed E-state index contributed by atoms with van der Waals surface area (Å²) in [5, 5.41) is 10.4. The van der Waals surface area contributed by atoms with E-state index in [1.807, 2.05) is 72.4 Å². The Morgan fingerprint density at radius 3 is 2.76 bits per heavy atom. The quantitative estimate of drug-likeness (QED) is 0.415. The van der Waals surface area contributed by atoms with E-state index in [0.717, 1.165) is 32.6 Å². The van der Waals surface area contributed by atoms with Crippen LogP contribution in [0.4, 0.5) is 5.69 Å². The molecule has 5 nitrogen and oxygen atoms in total. The molecular weight excluding hydrogens is 400 g/mol. The van der Waals surface area contributed by atoms with E-state index in [4.69, 9.17) is 0 Å². The molecule has 0 atom stereocenters. The third-order valence-corrected chi connectivity index (χ3v) is 6.13. The Bertz CT molecular complexity index is 1090. The lowest BCUT2D eigenvalue weighted by molar-refractivity contribution is 0.102. The van der Waals surface area contributed by atoms with Crippen molar-refractivity contribution in [1.29, 1.82) is 0 Å².